The van der Waals surface area contributed by atoms with E-state index in [1.54, 1.807) is 30.3 Å². The Kier molecular flexibility index (Phi) is 6.97. The average molecular weight is 569 g/mol. The van der Waals surface area contributed by atoms with Gasteiger partial charge in [0.15, 0.2) is 0 Å². The highest BCUT2D eigenvalue weighted by Gasteiger charge is 2.37. The van der Waals surface area contributed by atoms with Crippen molar-refractivity contribution in [2.45, 2.75) is 6.92 Å². The fourth-order valence-corrected chi connectivity index (χ4v) is 5.16. The molecule has 0 saturated carbocycles. The number of nitro benzene ring substituents is 1. The first-order chi connectivity index (χ1) is 20.8. The summed E-state index contributed by atoms with van der Waals surface area (Å²) in [5.41, 5.74) is 5.13. The first-order valence-electron chi connectivity index (χ1n) is 13.4. The Morgan fingerprint density at radius 3 is 2.02 bits per heavy atom. The molecule has 4 aromatic carbocycles. The minimum absolute atomic E-state index is 0.0499. The van der Waals surface area contributed by atoms with Crippen molar-refractivity contribution in [2.75, 3.05) is 4.90 Å². The highest BCUT2D eigenvalue weighted by atomic mass is 16.6. The van der Waals surface area contributed by atoms with Crippen LogP contribution in [0.1, 0.15) is 11.1 Å². The third-order valence-corrected chi connectivity index (χ3v) is 7.13. The highest BCUT2D eigenvalue weighted by molar-refractivity contribution is 6.39. The summed E-state index contributed by atoms with van der Waals surface area (Å²) < 4.78 is 1.94. The number of aromatic nitrogens is 1. The zero-order valence-corrected chi connectivity index (χ0v) is 22.9. The number of benzene rings is 4. The standard InChI is InChI=1S/C34H24N4O5/c1-22-9-8-14-28(19-22)37-33(40)29(32(39)35-34(37)41)20-25-21-30(23-10-4-2-5-11-23)36(31(25)24-12-6-3-7-13-24)26-15-17-27(18-16-26)38(42)43/h2-21H,1H3,(H,35,39,41). The van der Waals surface area contributed by atoms with Crippen LogP contribution < -0.4 is 10.2 Å². The van der Waals surface area contributed by atoms with E-state index in [2.05, 4.69) is 5.32 Å². The van der Waals surface area contributed by atoms with E-state index >= 15 is 0 Å². The third kappa shape index (κ3) is 5.11. The average Bonchev–Trinajstić information content (AvgIpc) is 3.39. The Balaban J connectivity index is 1.60. The zero-order chi connectivity index (χ0) is 30.1. The van der Waals surface area contributed by atoms with Crippen molar-refractivity contribution in [1.82, 2.24) is 9.88 Å². The van der Waals surface area contributed by atoms with Crippen LogP contribution in [0, 0.1) is 17.0 Å². The van der Waals surface area contributed by atoms with Crippen molar-refractivity contribution < 1.29 is 19.3 Å². The normalized spacial score (nSPS) is 14.2. The first kappa shape index (κ1) is 27.1. The van der Waals surface area contributed by atoms with Crippen LogP contribution in [0.4, 0.5) is 16.2 Å². The molecule has 0 atom stereocenters. The number of non-ortho nitro benzene ring substituents is 1. The van der Waals surface area contributed by atoms with E-state index in [0.717, 1.165) is 27.3 Å². The number of nitrogens with zero attached hydrogens (tertiary/aromatic N) is 3. The van der Waals surface area contributed by atoms with Crippen LogP contribution in [-0.2, 0) is 9.59 Å². The number of urea groups is 1. The van der Waals surface area contributed by atoms with Gasteiger partial charge in [-0.3, -0.25) is 25.0 Å². The molecule has 1 saturated heterocycles. The van der Waals surface area contributed by atoms with Gasteiger partial charge in [0.1, 0.15) is 5.57 Å². The van der Waals surface area contributed by atoms with Gasteiger partial charge in [0.25, 0.3) is 17.5 Å². The van der Waals surface area contributed by atoms with E-state index in [1.165, 1.54) is 18.2 Å². The van der Waals surface area contributed by atoms with Gasteiger partial charge in [-0.05, 0) is 60.0 Å². The summed E-state index contributed by atoms with van der Waals surface area (Å²) in [4.78, 5) is 51.6. The summed E-state index contributed by atoms with van der Waals surface area (Å²) >= 11 is 0. The molecule has 1 aliphatic heterocycles. The molecular weight excluding hydrogens is 544 g/mol. The molecule has 6 rings (SSSR count). The number of nitro groups is 1. The fraction of sp³-hybridized carbons (Fsp3) is 0.0294. The SMILES string of the molecule is Cc1cccc(N2C(=O)NC(=O)C(=Cc3cc(-c4ccccc4)n(-c4ccc([N+](=O)[O-])cc4)c3-c3ccccc3)C2=O)c1. The summed E-state index contributed by atoms with van der Waals surface area (Å²) in [7, 11) is 0. The quantitative estimate of drug-likeness (QED) is 0.106. The first-order valence-corrected chi connectivity index (χ1v) is 13.4. The van der Waals surface area contributed by atoms with Crippen LogP contribution in [0.25, 0.3) is 34.3 Å². The molecule has 0 aliphatic carbocycles. The molecule has 1 N–H and O–H groups in total. The van der Waals surface area contributed by atoms with E-state index in [0.29, 0.717) is 22.6 Å². The maximum absolute atomic E-state index is 13.7. The van der Waals surface area contributed by atoms with E-state index in [9.17, 15) is 24.5 Å². The predicted octanol–water partition coefficient (Wildman–Crippen LogP) is 6.69. The number of imide groups is 2. The Morgan fingerprint density at radius 2 is 1.40 bits per heavy atom. The molecule has 1 aromatic heterocycles. The molecule has 0 bridgehead atoms. The van der Waals surface area contributed by atoms with Crippen LogP contribution >= 0.6 is 0 Å². The van der Waals surface area contributed by atoms with E-state index in [-0.39, 0.29) is 11.3 Å². The number of barbiturate groups is 1. The fourth-order valence-electron chi connectivity index (χ4n) is 5.16. The molecule has 5 aromatic rings. The summed E-state index contributed by atoms with van der Waals surface area (Å²) in [6.07, 6.45) is 1.49. The van der Waals surface area contributed by atoms with Crippen molar-refractivity contribution in [1.29, 1.82) is 0 Å². The summed E-state index contributed by atoms with van der Waals surface area (Å²) in [6, 6.07) is 33.1. The van der Waals surface area contributed by atoms with Gasteiger partial charge in [-0.15, -0.1) is 0 Å². The van der Waals surface area contributed by atoms with Gasteiger partial charge >= 0.3 is 6.03 Å². The Bertz CT molecular complexity index is 1930. The molecule has 0 unspecified atom stereocenters. The molecule has 9 heteroatoms. The van der Waals surface area contributed by atoms with E-state index in [4.69, 9.17) is 0 Å². The maximum atomic E-state index is 13.7. The number of amides is 4. The van der Waals surface area contributed by atoms with Crippen molar-refractivity contribution in [3.8, 4) is 28.2 Å². The molecule has 210 valence electrons. The molecule has 4 amide bonds. The van der Waals surface area contributed by atoms with Crippen LogP contribution in [0.3, 0.4) is 0 Å². The van der Waals surface area contributed by atoms with E-state index in [1.807, 2.05) is 84.3 Å². The lowest BCUT2D eigenvalue weighted by Gasteiger charge is -2.26. The number of aryl methyl sites for hydroxylation is 1. The molecule has 1 fully saturated rings. The van der Waals surface area contributed by atoms with Gasteiger partial charge in [-0.2, -0.15) is 0 Å². The van der Waals surface area contributed by atoms with Gasteiger partial charge in [0, 0.05) is 23.4 Å². The second-order valence-corrected chi connectivity index (χ2v) is 9.97. The van der Waals surface area contributed by atoms with Crippen LogP contribution in [-0.4, -0.2) is 27.3 Å². The molecule has 1 aliphatic rings. The van der Waals surface area contributed by atoms with Gasteiger partial charge in [-0.1, -0.05) is 72.8 Å². The van der Waals surface area contributed by atoms with Gasteiger partial charge in [0.2, 0.25) is 0 Å². The molecule has 9 nitrogen and oxygen atoms in total. The zero-order valence-electron chi connectivity index (χ0n) is 22.9. The third-order valence-electron chi connectivity index (χ3n) is 7.13. The maximum Gasteiger partial charge on any atom is 0.335 e. The Morgan fingerprint density at radius 1 is 0.744 bits per heavy atom. The monoisotopic (exact) mass is 568 g/mol. The van der Waals surface area contributed by atoms with Gasteiger partial charge < -0.3 is 4.57 Å². The minimum atomic E-state index is -0.825. The summed E-state index contributed by atoms with van der Waals surface area (Å²) in [6.45, 7) is 1.84. The topological polar surface area (TPSA) is 115 Å². The van der Waals surface area contributed by atoms with Crippen molar-refractivity contribution in [3.05, 3.63) is 142 Å². The van der Waals surface area contributed by atoms with Crippen molar-refractivity contribution in [2.24, 2.45) is 0 Å². The molecule has 43 heavy (non-hydrogen) atoms. The smallest absolute Gasteiger partial charge is 0.309 e. The molecule has 2 heterocycles. The van der Waals surface area contributed by atoms with Crippen molar-refractivity contribution in [3.63, 3.8) is 0 Å². The van der Waals surface area contributed by atoms with E-state index < -0.39 is 22.8 Å². The lowest BCUT2D eigenvalue weighted by molar-refractivity contribution is -0.384. The minimum Gasteiger partial charge on any atom is -0.309 e. The van der Waals surface area contributed by atoms with Crippen LogP contribution in [0.5, 0.6) is 0 Å². The highest BCUT2D eigenvalue weighted by Crippen LogP contribution is 2.38. The van der Waals surface area contributed by atoms with Crippen molar-refractivity contribution >= 4 is 35.3 Å². The number of rotatable bonds is 6. The molecular formula is C34H24N4O5. The Labute approximate surface area is 246 Å². The second-order valence-electron chi connectivity index (χ2n) is 9.97. The number of carbonyl (C=O) groups excluding carboxylic acids is 3. The lowest BCUT2D eigenvalue weighted by atomic mass is 10.0. The second kappa shape index (κ2) is 11.1. The van der Waals surface area contributed by atoms with Gasteiger partial charge in [-0.25, -0.2) is 9.69 Å². The van der Waals surface area contributed by atoms with Gasteiger partial charge in [0.05, 0.1) is 22.0 Å². The summed E-state index contributed by atoms with van der Waals surface area (Å²) in [5, 5.41) is 13.7. The lowest BCUT2D eigenvalue weighted by Crippen LogP contribution is -2.54. The number of carbonyl (C=O) groups is 3. The van der Waals surface area contributed by atoms with Crippen LogP contribution in [0.2, 0.25) is 0 Å². The molecule has 0 spiro atoms. The number of anilines is 1. The predicted molar refractivity (Wildman–Crippen MR) is 163 cm³/mol. The molecule has 0 radical (unpaired) electrons. The number of nitrogens with one attached hydrogen (secondary N) is 1. The number of hydrogen-bond acceptors (Lipinski definition) is 5. The Hall–Kier alpha value is -6.09. The van der Waals surface area contributed by atoms with Crippen LogP contribution in [0.15, 0.2) is 121 Å². The largest absolute Gasteiger partial charge is 0.335 e. The number of hydrogen-bond donors (Lipinski definition) is 1. The summed E-state index contributed by atoms with van der Waals surface area (Å²) in [5.74, 6) is -1.55.